The van der Waals surface area contributed by atoms with Crippen molar-refractivity contribution in [3.05, 3.63) is 29.6 Å². The molecule has 0 radical (unpaired) electrons. The molecule has 14 heavy (non-hydrogen) atoms. The molecule has 3 N–H and O–H groups in total. The number of nitrogens with zero attached hydrogens (tertiary/aromatic N) is 2. The summed E-state index contributed by atoms with van der Waals surface area (Å²) < 4.78 is 0. The van der Waals surface area contributed by atoms with Crippen LogP contribution in [-0.2, 0) is 11.2 Å². The van der Waals surface area contributed by atoms with Gasteiger partial charge in [0, 0.05) is 18.3 Å². The van der Waals surface area contributed by atoms with Crippen LogP contribution >= 0.6 is 0 Å². The Labute approximate surface area is 80.8 Å². The molecule has 0 spiro atoms. The maximum Gasteiger partial charge on any atom is 0.320 e. The smallest absolute Gasteiger partial charge is 0.320 e. The quantitative estimate of drug-likeness (QED) is 0.695. The van der Waals surface area contributed by atoms with Crippen LogP contribution in [0.1, 0.15) is 11.3 Å². The fraction of sp³-hybridized carbons (Fsp3) is 0.222. The van der Waals surface area contributed by atoms with Crippen molar-refractivity contribution in [3.8, 4) is 6.07 Å². The predicted molar refractivity (Wildman–Crippen MR) is 48.3 cm³/mol. The first-order valence-electron chi connectivity index (χ1n) is 3.97. The third-order valence-electron chi connectivity index (χ3n) is 1.69. The minimum atomic E-state index is -1.07. The molecule has 5 heteroatoms. The van der Waals surface area contributed by atoms with E-state index >= 15 is 0 Å². The fourth-order valence-electron chi connectivity index (χ4n) is 0.972. The zero-order valence-corrected chi connectivity index (χ0v) is 7.34. The molecule has 0 saturated heterocycles. The Balaban J connectivity index is 2.78. The molecule has 0 aliphatic heterocycles. The molecule has 0 aliphatic rings. The highest BCUT2D eigenvalue weighted by Gasteiger charge is 2.12. The van der Waals surface area contributed by atoms with Crippen LogP contribution in [0.4, 0.5) is 0 Å². The number of rotatable bonds is 3. The molecule has 1 aromatic rings. The Bertz CT molecular complexity index is 384. The molecule has 5 nitrogen and oxygen atoms in total. The van der Waals surface area contributed by atoms with E-state index in [-0.39, 0.29) is 6.42 Å². The van der Waals surface area contributed by atoms with E-state index in [1.807, 2.05) is 6.07 Å². The molecule has 1 rings (SSSR count). The minimum absolute atomic E-state index is 0.130. The van der Waals surface area contributed by atoms with E-state index in [4.69, 9.17) is 16.1 Å². The Morgan fingerprint density at radius 3 is 3.07 bits per heavy atom. The van der Waals surface area contributed by atoms with E-state index in [1.165, 1.54) is 12.3 Å². The normalized spacial score (nSPS) is 11.7. The molecule has 0 aromatic carbocycles. The largest absolute Gasteiger partial charge is 0.480 e. The van der Waals surface area contributed by atoms with Gasteiger partial charge >= 0.3 is 5.97 Å². The fourth-order valence-corrected chi connectivity index (χ4v) is 0.972. The first-order chi connectivity index (χ1) is 6.63. The minimum Gasteiger partial charge on any atom is -0.480 e. The van der Waals surface area contributed by atoms with Gasteiger partial charge in [-0.3, -0.25) is 9.78 Å². The summed E-state index contributed by atoms with van der Waals surface area (Å²) in [6, 6.07) is 4.05. The SMILES string of the molecule is N#Cc1ccnc(C[C@@H](N)C(=O)O)c1. The molecule has 0 bridgehead atoms. The molecular formula is C9H9N3O2. The first kappa shape index (κ1) is 10.2. The number of nitriles is 1. The number of pyridine rings is 1. The van der Waals surface area contributed by atoms with Gasteiger partial charge in [0.05, 0.1) is 11.6 Å². The zero-order valence-electron chi connectivity index (χ0n) is 7.34. The van der Waals surface area contributed by atoms with Gasteiger partial charge in [-0.15, -0.1) is 0 Å². The van der Waals surface area contributed by atoms with Gasteiger partial charge in [-0.2, -0.15) is 5.26 Å². The van der Waals surface area contributed by atoms with Crippen molar-refractivity contribution in [2.45, 2.75) is 12.5 Å². The highest BCUT2D eigenvalue weighted by molar-refractivity contribution is 5.73. The lowest BCUT2D eigenvalue weighted by atomic mass is 10.1. The number of aromatic nitrogens is 1. The molecule has 1 atom stereocenters. The van der Waals surface area contributed by atoms with Crippen molar-refractivity contribution in [2.24, 2.45) is 5.73 Å². The second kappa shape index (κ2) is 4.35. The number of carbonyl (C=O) groups is 1. The van der Waals surface area contributed by atoms with Crippen molar-refractivity contribution in [2.75, 3.05) is 0 Å². The van der Waals surface area contributed by atoms with Gasteiger partial charge in [0.2, 0.25) is 0 Å². The summed E-state index contributed by atoms with van der Waals surface area (Å²) in [5, 5.41) is 17.1. The first-order valence-corrected chi connectivity index (χ1v) is 3.97. The van der Waals surface area contributed by atoms with Crippen LogP contribution in [0, 0.1) is 11.3 Å². The second-order valence-corrected chi connectivity index (χ2v) is 2.80. The number of hydrogen-bond donors (Lipinski definition) is 2. The predicted octanol–water partition coefficient (Wildman–Crippen LogP) is -0.0923. The summed E-state index contributed by atoms with van der Waals surface area (Å²) in [5.74, 6) is -1.07. The van der Waals surface area contributed by atoms with E-state index in [1.54, 1.807) is 6.07 Å². The van der Waals surface area contributed by atoms with Crippen LogP contribution in [0.15, 0.2) is 18.3 Å². The molecule has 0 saturated carbocycles. The molecule has 1 heterocycles. The number of hydrogen-bond acceptors (Lipinski definition) is 4. The lowest BCUT2D eigenvalue weighted by Crippen LogP contribution is -2.32. The molecule has 1 aromatic heterocycles. The average Bonchev–Trinajstić information content (AvgIpc) is 2.18. The summed E-state index contributed by atoms with van der Waals surface area (Å²) in [6.45, 7) is 0. The molecule has 0 unspecified atom stereocenters. The van der Waals surface area contributed by atoms with Crippen LogP contribution in [-0.4, -0.2) is 22.1 Å². The van der Waals surface area contributed by atoms with Crippen LogP contribution < -0.4 is 5.73 Å². The third-order valence-corrected chi connectivity index (χ3v) is 1.69. The Kier molecular flexibility index (Phi) is 3.15. The van der Waals surface area contributed by atoms with Gasteiger partial charge in [0.15, 0.2) is 0 Å². The lowest BCUT2D eigenvalue weighted by molar-refractivity contribution is -0.138. The van der Waals surface area contributed by atoms with E-state index in [2.05, 4.69) is 4.98 Å². The average molecular weight is 191 g/mol. The summed E-state index contributed by atoms with van der Waals surface area (Å²) >= 11 is 0. The van der Waals surface area contributed by atoms with Crippen molar-refractivity contribution in [1.82, 2.24) is 4.98 Å². The van der Waals surface area contributed by atoms with Gasteiger partial charge in [0.1, 0.15) is 6.04 Å². The van der Waals surface area contributed by atoms with Gasteiger partial charge < -0.3 is 10.8 Å². The van der Waals surface area contributed by atoms with Crippen molar-refractivity contribution in [3.63, 3.8) is 0 Å². The van der Waals surface area contributed by atoms with Gasteiger partial charge in [-0.1, -0.05) is 0 Å². The monoisotopic (exact) mass is 191 g/mol. The highest BCUT2D eigenvalue weighted by atomic mass is 16.4. The zero-order chi connectivity index (χ0) is 10.6. The van der Waals surface area contributed by atoms with E-state index in [9.17, 15) is 4.79 Å². The van der Waals surface area contributed by atoms with Crippen molar-refractivity contribution < 1.29 is 9.90 Å². The Hall–Kier alpha value is -1.93. The van der Waals surface area contributed by atoms with Crippen LogP contribution in [0.25, 0.3) is 0 Å². The number of aliphatic carboxylic acids is 1. The van der Waals surface area contributed by atoms with Gasteiger partial charge in [-0.05, 0) is 12.1 Å². The highest BCUT2D eigenvalue weighted by Crippen LogP contribution is 2.02. The maximum atomic E-state index is 10.4. The number of nitrogens with two attached hydrogens (primary N) is 1. The Morgan fingerprint density at radius 1 is 1.79 bits per heavy atom. The van der Waals surface area contributed by atoms with E-state index < -0.39 is 12.0 Å². The van der Waals surface area contributed by atoms with E-state index in [0.29, 0.717) is 11.3 Å². The molecule has 0 aliphatic carbocycles. The van der Waals surface area contributed by atoms with Crippen LogP contribution in [0.5, 0.6) is 0 Å². The molecular weight excluding hydrogens is 182 g/mol. The van der Waals surface area contributed by atoms with Crippen LogP contribution in [0.3, 0.4) is 0 Å². The number of carboxylic acids is 1. The molecule has 0 fully saturated rings. The topological polar surface area (TPSA) is 100 Å². The van der Waals surface area contributed by atoms with Crippen molar-refractivity contribution >= 4 is 5.97 Å². The molecule has 0 amide bonds. The number of carboxylic acid groups (broad SMARTS) is 1. The second-order valence-electron chi connectivity index (χ2n) is 2.80. The van der Waals surface area contributed by atoms with Crippen LogP contribution in [0.2, 0.25) is 0 Å². The maximum absolute atomic E-state index is 10.4. The summed E-state index contributed by atoms with van der Waals surface area (Å²) in [7, 11) is 0. The van der Waals surface area contributed by atoms with Gasteiger partial charge in [0.25, 0.3) is 0 Å². The standard InChI is InChI=1S/C9H9N3O2/c10-5-6-1-2-12-7(3-6)4-8(11)9(13)14/h1-3,8H,4,11H2,(H,13,14)/t8-/m1/s1. The Morgan fingerprint density at radius 2 is 2.50 bits per heavy atom. The van der Waals surface area contributed by atoms with Crippen molar-refractivity contribution in [1.29, 1.82) is 5.26 Å². The van der Waals surface area contributed by atoms with E-state index in [0.717, 1.165) is 0 Å². The van der Waals surface area contributed by atoms with Gasteiger partial charge in [-0.25, -0.2) is 0 Å². The lowest BCUT2D eigenvalue weighted by Gasteiger charge is -2.04. The summed E-state index contributed by atoms with van der Waals surface area (Å²) in [4.78, 5) is 14.4. The summed E-state index contributed by atoms with van der Waals surface area (Å²) in [6.07, 6.45) is 1.59. The summed E-state index contributed by atoms with van der Waals surface area (Å²) in [5.41, 5.74) is 6.28. The third kappa shape index (κ3) is 2.54. The molecule has 72 valence electrons.